The van der Waals surface area contributed by atoms with Gasteiger partial charge in [0.15, 0.2) is 5.79 Å². The topological polar surface area (TPSA) is 161 Å². The van der Waals surface area contributed by atoms with Gasteiger partial charge in [-0.3, -0.25) is 9.59 Å². The van der Waals surface area contributed by atoms with Crippen molar-refractivity contribution in [1.29, 1.82) is 0 Å². The van der Waals surface area contributed by atoms with E-state index in [1.165, 1.54) is 0 Å². The summed E-state index contributed by atoms with van der Waals surface area (Å²) in [5.74, 6) is -5.78. The Morgan fingerprint density at radius 3 is 2.15 bits per heavy atom. The molecule has 0 aromatic carbocycles. The second kappa shape index (κ2) is 17.8. The molecule has 12 heteroatoms. The number of hydrogen-bond acceptors (Lipinski definition) is 10. The molecule has 1 unspecified atom stereocenters. The van der Waals surface area contributed by atoms with E-state index < -0.39 is 76.8 Å². The third-order valence-corrected chi connectivity index (χ3v) is 14.4. The van der Waals surface area contributed by atoms with E-state index in [4.69, 9.17) is 23.7 Å². The summed E-state index contributed by atoms with van der Waals surface area (Å²) < 4.78 is 33.5. The van der Waals surface area contributed by atoms with E-state index in [2.05, 4.69) is 20.8 Å². The molecular formula is C42H70NaO11+. The zero-order valence-electron chi connectivity index (χ0n) is 35.0. The number of carbonyl (C=O) groups excluding carboxylic acids is 1. The van der Waals surface area contributed by atoms with Gasteiger partial charge in [0.1, 0.15) is 11.9 Å². The Hall–Kier alpha value is -0.440. The molecule has 4 N–H and O–H groups in total. The fraction of sp³-hybridized carbons (Fsp3) is 0.905. The standard InChI is InChI=1S/C42H70O11.Na/c1-11-29(38(46)47)31-15-14-23(4)36(50-31)27(8)34(44)26(7)35(45)30(12-2)37-24(5)22-25(6)41(51-37)19-16-32(43)42(53-41)21-20-39(10,52-42)33-17-18-40(48,13-3)28(9)49-33;/h16,19,23-34,36-37,43-44,48H,11-15,17-18,20-22H2,1-10H3,(H,46,47);/q;+1/t23-,24-,25+,26-,27-,28-,29+,30-,31+,32+,33+,34+,36?,37-,39-,40+,41-,42-;/m0./s1. The molecule has 5 aliphatic rings. The molecule has 11 nitrogen and oxygen atoms in total. The summed E-state index contributed by atoms with van der Waals surface area (Å²) in [5, 5.41) is 44.0. The van der Waals surface area contributed by atoms with Gasteiger partial charge in [-0.15, -0.1) is 0 Å². The van der Waals surface area contributed by atoms with Gasteiger partial charge in [0, 0.05) is 30.1 Å². The van der Waals surface area contributed by atoms with Crippen molar-refractivity contribution >= 4 is 11.8 Å². The van der Waals surface area contributed by atoms with Crippen LogP contribution in [0.2, 0.25) is 0 Å². The van der Waals surface area contributed by atoms with E-state index in [1.54, 1.807) is 19.1 Å². The largest absolute Gasteiger partial charge is 1.00 e. The van der Waals surface area contributed by atoms with Crippen molar-refractivity contribution in [3.63, 3.8) is 0 Å². The fourth-order valence-electron chi connectivity index (χ4n) is 10.5. The van der Waals surface area contributed by atoms with Gasteiger partial charge < -0.3 is 44.1 Å². The molecule has 0 bridgehead atoms. The number of Topliss-reactive ketones (excluding diaryl/α,β-unsaturated/α-hetero) is 1. The molecule has 54 heavy (non-hydrogen) atoms. The first kappa shape index (κ1) is 46.3. The minimum atomic E-state index is -1.37. The second-order valence-corrected chi connectivity index (χ2v) is 17.9. The van der Waals surface area contributed by atoms with E-state index in [9.17, 15) is 30.0 Å². The third-order valence-electron chi connectivity index (χ3n) is 14.4. The number of hydrogen-bond donors (Lipinski definition) is 4. The van der Waals surface area contributed by atoms with Gasteiger partial charge in [0.05, 0.1) is 53.7 Å². The van der Waals surface area contributed by atoms with Crippen molar-refractivity contribution in [2.45, 2.75) is 199 Å². The van der Waals surface area contributed by atoms with Crippen molar-refractivity contribution in [3.8, 4) is 0 Å². The molecule has 0 amide bonds. The molecule has 304 valence electrons. The summed E-state index contributed by atoms with van der Waals surface area (Å²) in [5.41, 5.74) is -1.63. The number of aliphatic hydroxyl groups is 3. The van der Waals surface area contributed by atoms with Crippen molar-refractivity contribution in [3.05, 3.63) is 12.2 Å². The summed E-state index contributed by atoms with van der Waals surface area (Å²) >= 11 is 0. The van der Waals surface area contributed by atoms with E-state index >= 15 is 0 Å². The number of ether oxygens (including phenoxy) is 5. The van der Waals surface area contributed by atoms with Crippen LogP contribution in [0.3, 0.4) is 0 Å². The van der Waals surface area contributed by atoms with Crippen LogP contribution >= 0.6 is 0 Å². The predicted molar refractivity (Wildman–Crippen MR) is 199 cm³/mol. The molecule has 4 fully saturated rings. The fourth-order valence-corrected chi connectivity index (χ4v) is 10.5. The summed E-state index contributed by atoms with van der Waals surface area (Å²) in [6, 6.07) is 0. The average molecular weight is 774 g/mol. The Morgan fingerprint density at radius 2 is 1.56 bits per heavy atom. The molecule has 0 aromatic rings. The average Bonchev–Trinajstić information content (AvgIpc) is 3.47. The summed E-state index contributed by atoms with van der Waals surface area (Å²) in [6.45, 7) is 19.6. The Bertz CT molecular complexity index is 1330. The Kier molecular flexibility index (Phi) is 15.3. The molecule has 0 aliphatic carbocycles. The molecule has 0 aromatic heterocycles. The van der Waals surface area contributed by atoms with Gasteiger partial charge in [-0.2, -0.15) is 0 Å². The van der Waals surface area contributed by atoms with Gasteiger partial charge in [-0.25, -0.2) is 0 Å². The predicted octanol–water partition coefficient (Wildman–Crippen LogP) is 3.19. The zero-order valence-corrected chi connectivity index (χ0v) is 37.0. The van der Waals surface area contributed by atoms with Crippen LogP contribution in [0.1, 0.15) is 133 Å². The number of carboxylic acids is 1. The number of rotatable bonds is 12. The van der Waals surface area contributed by atoms with E-state index in [-0.39, 0.29) is 71.4 Å². The Balaban J connectivity index is 0.00000650. The quantitative estimate of drug-likeness (QED) is 0.170. The zero-order chi connectivity index (χ0) is 39.3. The monoisotopic (exact) mass is 773 g/mol. The Morgan fingerprint density at radius 1 is 0.889 bits per heavy atom. The first-order valence-electron chi connectivity index (χ1n) is 20.7. The molecule has 4 saturated heterocycles. The van der Waals surface area contributed by atoms with Crippen molar-refractivity contribution in [2.24, 2.45) is 41.4 Å². The first-order chi connectivity index (χ1) is 24.8. The summed E-state index contributed by atoms with van der Waals surface area (Å²) in [7, 11) is 0. The number of aliphatic hydroxyl groups excluding tert-OH is 2. The molecule has 0 radical (unpaired) electrons. The molecule has 5 rings (SSSR count). The maximum Gasteiger partial charge on any atom is 1.00 e. The first-order valence-corrected chi connectivity index (χ1v) is 20.7. The number of aliphatic carboxylic acids is 1. The number of ketones is 1. The van der Waals surface area contributed by atoms with Gasteiger partial charge in [0.25, 0.3) is 0 Å². The van der Waals surface area contributed by atoms with E-state index in [0.29, 0.717) is 57.8 Å². The van der Waals surface area contributed by atoms with Gasteiger partial charge in [-0.1, -0.05) is 55.4 Å². The summed E-state index contributed by atoms with van der Waals surface area (Å²) in [4.78, 5) is 26.4. The van der Waals surface area contributed by atoms with Crippen LogP contribution in [0.5, 0.6) is 0 Å². The molecular weight excluding hydrogens is 703 g/mol. The molecule has 18 atom stereocenters. The van der Waals surface area contributed by atoms with Crippen LogP contribution < -0.4 is 29.6 Å². The van der Waals surface area contributed by atoms with Crippen LogP contribution in [0.4, 0.5) is 0 Å². The van der Waals surface area contributed by atoms with E-state index in [0.717, 1.165) is 6.42 Å². The normalized spacial score (nSPS) is 45.3. The van der Waals surface area contributed by atoms with Crippen LogP contribution in [-0.4, -0.2) is 97.7 Å². The number of carbonyl (C=O) groups is 2. The molecule has 0 saturated carbocycles. The van der Waals surface area contributed by atoms with Gasteiger partial charge >= 0.3 is 35.5 Å². The maximum atomic E-state index is 14.4. The molecule has 2 spiro atoms. The van der Waals surface area contributed by atoms with Gasteiger partial charge in [-0.05, 0) is 95.6 Å². The third kappa shape index (κ3) is 8.63. The second-order valence-electron chi connectivity index (χ2n) is 17.9. The van der Waals surface area contributed by atoms with Gasteiger partial charge in [0.2, 0.25) is 5.79 Å². The Labute approximate surface area is 345 Å². The number of carboxylic acid groups (broad SMARTS) is 1. The SMILES string of the molecule is CC[C@@H](C(=O)[C@@H](C)[C@@H](O)[C@H](C)C1O[C@@H]([C@@H](CC)C(=O)O)CC[C@@H]1C)[C@H]1O[C@]2(C=C[C@@H](O)[C@]3(CC[C@@](C)([C@H]4CC[C@](O)(CC)[C@H](C)O4)O3)O2)[C@H](C)C[C@@H]1C.[Na+]. The van der Waals surface area contributed by atoms with Crippen molar-refractivity contribution < 1.29 is 83.3 Å². The minimum Gasteiger partial charge on any atom is -0.481 e. The molecule has 5 aliphatic heterocycles. The van der Waals surface area contributed by atoms with Crippen LogP contribution in [0, 0.1) is 41.4 Å². The van der Waals surface area contributed by atoms with Crippen LogP contribution in [0.25, 0.3) is 0 Å². The van der Waals surface area contributed by atoms with E-state index in [1.807, 2.05) is 41.5 Å². The van der Waals surface area contributed by atoms with Crippen LogP contribution in [0.15, 0.2) is 12.2 Å². The molecule has 5 heterocycles. The minimum absolute atomic E-state index is 0. The van der Waals surface area contributed by atoms with Crippen molar-refractivity contribution in [1.82, 2.24) is 0 Å². The van der Waals surface area contributed by atoms with Crippen molar-refractivity contribution in [2.75, 3.05) is 0 Å². The maximum absolute atomic E-state index is 14.4. The summed E-state index contributed by atoms with van der Waals surface area (Å²) in [6.07, 6.45) is 5.51. The van der Waals surface area contributed by atoms with Crippen LogP contribution in [-0.2, 0) is 33.3 Å². The smallest absolute Gasteiger partial charge is 0.481 e.